The highest BCUT2D eigenvalue weighted by Crippen LogP contribution is 2.32. The van der Waals surface area contributed by atoms with Gasteiger partial charge in [-0.3, -0.25) is 4.68 Å². The van der Waals surface area contributed by atoms with Crippen molar-refractivity contribution in [1.82, 2.24) is 9.78 Å². The third kappa shape index (κ3) is 1.51. The maximum atomic E-state index is 6.06. The number of halogens is 2. The first-order chi connectivity index (χ1) is 6.70. The molecule has 0 spiro atoms. The minimum atomic E-state index is 0.595. The molecule has 2 aromatic rings. The Morgan fingerprint density at radius 3 is 2.43 bits per heavy atom. The SMILES string of the molecule is Cn1ncc(-c2ccccc2Cl)c1Cl. The Balaban J connectivity index is 2.60. The van der Waals surface area contributed by atoms with E-state index in [0.717, 1.165) is 11.1 Å². The van der Waals surface area contributed by atoms with Crippen LogP contribution in [0.2, 0.25) is 10.2 Å². The first-order valence-corrected chi connectivity index (χ1v) is 4.88. The van der Waals surface area contributed by atoms with Crippen LogP contribution < -0.4 is 0 Å². The first-order valence-electron chi connectivity index (χ1n) is 4.12. The summed E-state index contributed by atoms with van der Waals surface area (Å²) >= 11 is 12.1. The summed E-state index contributed by atoms with van der Waals surface area (Å²) in [5.41, 5.74) is 1.77. The highest BCUT2D eigenvalue weighted by atomic mass is 35.5. The number of hydrogen-bond donors (Lipinski definition) is 0. The second-order valence-electron chi connectivity index (χ2n) is 2.95. The Labute approximate surface area is 92.1 Å². The van der Waals surface area contributed by atoms with Crippen LogP contribution in [0.4, 0.5) is 0 Å². The smallest absolute Gasteiger partial charge is 0.134 e. The molecule has 1 aromatic carbocycles. The summed E-state index contributed by atoms with van der Waals surface area (Å²) in [5.74, 6) is 0. The zero-order chi connectivity index (χ0) is 10.1. The molecule has 1 aromatic heterocycles. The van der Waals surface area contributed by atoms with Gasteiger partial charge in [-0.15, -0.1) is 0 Å². The molecule has 0 fully saturated rings. The fourth-order valence-corrected chi connectivity index (χ4v) is 1.71. The molecule has 0 N–H and O–H groups in total. The minimum Gasteiger partial charge on any atom is -0.256 e. The van der Waals surface area contributed by atoms with Crippen molar-refractivity contribution < 1.29 is 0 Å². The van der Waals surface area contributed by atoms with Crippen LogP contribution >= 0.6 is 23.2 Å². The molecule has 0 atom stereocenters. The van der Waals surface area contributed by atoms with E-state index in [-0.39, 0.29) is 0 Å². The van der Waals surface area contributed by atoms with Gasteiger partial charge in [0, 0.05) is 23.2 Å². The van der Waals surface area contributed by atoms with Crippen LogP contribution in [0.15, 0.2) is 30.5 Å². The fraction of sp³-hybridized carbons (Fsp3) is 0.100. The summed E-state index contributed by atoms with van der Waals surface area (Å²) in [6, 6.07) is 7.56. The van der Waals surface area contributed by atoms with Crippen LogP contribution in [0.25, 0.3) is 11.1 Å². The van der Waals surface area contributed by atoms with E-state index >= 15 is 0 Å². The van der Waals surface area contributed by atoms with Gasteiger partial charge in [-0.05, 0) is 6.07 Å². The molecule has 72 valence electrons. The van der Waals surface area contributed by atoms with Gasteiger partial charge in [0.25, 0.3) is 0 Å². The summed E-state index contributed by atoms with van der Waals surface area (Å²) < 4.78 is 1.61. The minimum absolute atomic E-state index is 0.595. The van der Waals surface area contributed by atoms with Gasteiger partial charge in [-0.1, -0.05) is 41.4 Å². The number of benzene rings is 1. The molecule has 0 aliphatic rings. The van der Waals surface area contributed by atoms with Gasteiger partial charge in [0.1, 0.15) is 5.15 Å². The maximum absolute atomic E-state index is 6.06. The standard InChI is InChI=1S/C10H8Cl2N2/c1-14-10(12)8(6-13-14)7-4-2-3-5-9(7)11/h2-6H,1H3. The van der Waals surface area contributed by atoms with E-state index in [2.05, 4.69) is 5.10 Å². The topological polar surface area (TPSA) is 17.8 Å². The fourth-order valence-electron chi connectivity index (χ4n) is 1.28. The molecule has 2 rings (SSSR count). The molecule has 0 radical (unpaired) electrons. The monoisotopic (exact) mass is 226 g/mol. The second kappa shape index (κ2) is 3.64. The van der Waals surface area contributed by atoms with Crippen molar-refractivity contribution in [2.75, 3.05) is 0 Å². The van der Waals surface area contributed by atoms with Crippen LogP contribution in [-0.4, -0.2) is 9.78 Å². The van der Waals surface area contributed by atoms with Crippen molar-refractivity contribution in [2.45, 2.75) is 0 Å². The zero-order valence-electron chi connectivity index (χ0n) is 7.54. The summed E-state index contributed by atoms with van der Waals surface area (Å²) in [4.78, 5) is 0. The van der Waals surface area contributed by atoms with Crippen LogP contribution in [0, 0.1) is 0 Å². The lowest BCUT2D eigenvalue weighted by molar-refractivity contribution is 0.769. The van der Waals surface area contributed by atoms with Crippen molar-refractivity contribution in [3.63, 3.8) is 0 Å². The number of aromatic nitrogens is 2. The van der Waals surface area contributed by atoms with Crippen molar-refractivity contribution in [3.05, 3.63) is 40.6 Å². The van der Waals surface area contributed by atoms with Crippen LogP contribution in [0.1, 0.15) is 0 Å². The molecule has 0 aliphatic carbocycles. The van der Waals surface area contributed by atoms with E-state index in [0.29, 0.717) is 10.2 Å². The van der Waals surface area contributed by atoms with Gasteiger partial charge >= 0.3 is 0 Å². The van der Waals surface area contributed by atoms with Gasteiger partial charge < -0.3 is 0 Å². The van der Waals surface area contributed by atoms with Gasteiger partial charge in [-0.25, -0.2) is 0 Å². The van der Waals surface area contributed by atoms with E-state index < -0.39 is 0 Å². The molecule has 0 saturated carbocycles. The molecule has 4 heteroatoms. The molecular weight excluding hydrogens is 219 g/mol. The zero-order valence-corrected chi connectivity index (χ0v) is 9.05. The average Bonchev–Trinajstić information content (AvgIpc) is 2.49. The van der Waals surface area contributed by atoms with Crippen LogP contribution in [-0.2, 0) is 7.05 Å². The Morgan fingerprint density at radius 2 is 1.86 bits per heavy atom. The normalized spacial score (nSPS) is 10.5. The first kappa shape index (κ1) is 9.56. The summed E-state index contributed by atoms with van der Waals surface area (Å²) in [6.07, 6.45) is 1.71. The van der Waals surface area contributed by atoms with Crippen molar-refractivity contribution >= 4 is 23.2 Å². The maximum Gasteiger partial charge on any atom is 0.134 e. The molecule has 0 unspecified atom stereocenters. The largest absolute Gasteiger partial charge is 0.256 e. The molecule has 0 bridgehead atoms. The van der Waals surface area contributed by atoms with Gasteiger partial charge in [0.15, 0.2) is 0 Å². The molecule has 2 nitrogen and oxygen atoms in total. The second-order valence-corrected chi connectivity index (χ2v) is 3.72. The molecule has 1 heterocycles. The summed E-state index contributed by atoms with van der Waals surface area (Å²) in [7, 11) is 1.79. The van der Waals surface area contributed by atoms with E-state index in [4.69, 9.17) is 23.2 Å². The highest BCUT2D eigenvalue weighted by molar-refractivity contribution is 6.35. The van der Waals surface area contributed by atoms with E-state index in [1.54, 1.807) is 17.9 Å². The number of nitrogens with zero attached hydrogens (tertiary/aromatic N) is 2. The Hall–Kier alpha value is -0.990. The van der Waals surface area contributed by atoms with Crippen LogP contribution in [0.3, 0.4) is 0 Å². The van der Waals surface area contributed by atoms with Crippen molar-refractivity contribution in [3.8, 4) is 11.1 Å². The van der Waals surface area contributed by atoms with Gasteiger partial charge in [0.2, 0.25) is 0 Å². The predicted molar refractivity (Wildman–Crippen MR) is 58.7 cm³/mol. The van der Waals surface area contributed by atoms with Crippen LogP contribution in [0.5, 0.6) is 0 Å². The molecule has 14 heavy (non-hydrogen) atoms. The van der Waals surface area contributed by atoms with E-state index in [1.807, 2.05) is 24.3 Å². The van der Waals surface area contributed by atoms with E-state index in [1.165, 1.54) is 0 Å². The third-order valence-corrected chi connectivity index (χ3v) is 2.81. The van der Waals surface area contributed by atoms with Gasteiger partial charge in [-0.2, -0.15) is 5.10 Å². The van der Waals surface area contributed by atoms with Gasteiger partial charge in [0.05, 0.1) is 6.20 Å². The lowest BCUT2D eigenvalue weighted by Crippen LogP contribution is -1.88. The number of hydrogen-bond acceptors (Lipinski definition) is 1. The van der Waals surface area contributed by atoms with Crippen molar-refractivity contribution in [2.24, 2.45) is 7.05 Å². The molecule has 0 amide bonds. The Kier molecular flexibility index (Phi) is 2.48. The van der Waals surface area contributed by atoms with Crippen molar-refractivity contribution in [1.29, 1.82) is 0 Å². The number of rotatable bonds is 1. The lowest BCUT2D eigenvalue weighted by atomic mass is 10.1. The highest BCUT2D eigenvalue weighted by Gasteiger charge is 2.10. The quantitative estimate of drug-likeness (QED) is 0.730. The van der Waals surface area contributed by atoms with E-state index in [9.17, 15) is 0 Å². The molecular formula is C10H8Cl2N2. The average molecular weight is 227 g/mol. The summed E-state index contributed by atoms with van der Waals surface area (Å²) in [6.45, 7) is 0. The predicted octanol–water partition coefficient (Wildman–Crippen LogP) is 3.39. The molecule has 0 aliphatic heterocycles. The lowest BCUT2D eigenvalue weighted by Gasteiger charge is -2.01. The Morgan fingerprint density at radius 1 is 1.14 bits per heavy atom. The summed E-state index contributed by atoms with van der Waals surface area (Å²) in [5, 5.41) is 5.34. The number of aryl methyl sites for hydroxylation is 1. The Bertz CT molecular complexity index is 463. The third-order valence-electron chi connectivity index (χ3n) is 2.03. The molecule has 0 saturated heterocycles.